The van der Waals surface area contributed by atoms with Crippen LogP contribution >= 0.6 is 0 Å². The number of amides is 1. The third-order valence-electron chi connectivity index (χ3n) is 5.87. The molecule has 7 nitrogen and oxygen atoms in total. The average molecular weight is 392 g/mol. The van der Waals surface area contributed by atoms with E-state index in [1.807, 2.05) is 30.3 Å². The molecule has 3 aromatic rings. The minimum atomic E-state index is -0.00439. The summed E-state index contributed by atoms with van der Waals surface area (Å²) < 4.78 is 10.4. The highest BCUT2D eigenvalue weighted by Crippen LogP contribution is 2.26. The number of nitrogens with one attached hydrogen (secondary N) is 1. The van der Waals surface area contributed by atoms with Crippen LogP contribution in [-0.4, -0.2) is 47.4 Å². The van der Waals surface area contributed by atoms with Crippen LogP contribution in [0.2, 0.25) is 0 Å². The Balaban J connectivity index is 1.18. The molecule has 0 aliphatic carbocycles. The average Bonchev–Trinajstić information content (AvgIpc) is 3.41. The third kappa shape index (κ3) is 3.82. The Bertz CT molecular complexity index is 1030. The number of hydrogen-bond acceptors (Lipinski definition) is 6. The summed E-state index contributed by atoms with van der Waals surface area (Å²) in [4.78, 5) is 15.0. The van der Waals surface area contributed by atoms with Gasteiger partial charge in [-0.1, -0.05) is 12.1 Å². The number of likely N-dealkylation sites (tertiary alicyclic amines) is 1. The topological polar surface area (TPSA) is 80.5 Å². The zero-order chi connectivity index (χ0) is 19.6. The summed E-state index contributed by atoms with van der Waals surface area (Å²) in [6.45, 7) is 4.23. The maximum Gasteiger partial charge on any atom is 0.251 e. The van der Waals surface area contributed by atoms with E-state index >= 15 is 0 Å². The lowest BCUT2D eigenvalue weighted by Gasteiger charge is -2.32. The number of benzene rings is 2. The van der Waals surface area contributed by atoms with Crippen molar-refractivity contribution in [3.05, 3.63) is 53.1 Å². The zero-order valence-corrected chi connectivity index (χ0v) is 16.3. The first-order valence-electron chi connectivity index (χ1n) is 10.2. The van der Waals surface area contributed by atoms with Gasteiger partial charge in [-0.25, -0.2) is 4.63 Å². The van der Waals surface area contributed by atoms with Crippen molar-refractivity contribution in [1.29, 1.82) is 0 Å². The summed E-state index contributed by atoms with van der Waals surface area (Å²) in [6.07, 6.45) is 3.14. The van der Waals surface area contributed by atoms with Crippen LogP contribution in [0.25, 0.3) is 11.0 Å². The van der Waals surface area contributed by atoms with Crippen molar-refractivity contribution < 1.29 is 14.2 Å². The van der Waals surface area contributed by atoms with Crippen LogP contribution in [0.15, 0.2) is 41.0 Å². The summed E-state index contributed by atoms with van der Waals surface area (Å²) >= 11 is 0. The smallest absolute Gasteiger partial charge is 0.251 e. The molecule has 1 saturated heterocycles. The van der Waals surface area contributed by atoms with Crippen LogP contribution in [0.3, 0.4) is 0 Å². The third-order valence-corrected chi connectivity index (χ3v) is 5.87. The van der Waals surface area contributed by atoms with Crippen LogP contribution < -0.4 is 10.1 Å². The Kier molecular flexibility index (Phi) is 4.89. The van der Waals surface area contributed by atoms with Gasteiger partial charge in [0.05, 0.1) is 6.61 Å². The summed E-state index contributed by atoms with van der Waals surface area (Å²) in [5.74, 6) is 1.34. The zero-order valence-electron chi connectivity index (χ0n) is 16.3. The van der Waals surface area contributed by atoms with Gasteiger partial charge in [0.15, 0.2) is 0 Å². The fourth-order valence-electron chi connectivity index (χ4n) is 4.36. The van der Waals surface area contributed by atoms with Gasteiger partial charge in [-0.05, 0) is 71.0 Å². The van der Waals surface area contributed by atoms with Gasteiger partial charge in [-0.15, -0.1) is 0 Å². The molecule has 2 aromatic carbocycles. The van der Waals surface area contributed by atoms with Gasteiger partial charge in [-0.3, -0.25) is 9.69 Å². The Labute approximate surface area is 169 Å². The Morgan fingerprint density at radius 3 is 3.17 bits per heavy atom. The highest BCUT2D eigenvalue weighted by molar-refractivity contribution is 5.94. The molecule has 0 bridgehead atoms. The normalized spacial score (nSPS) is 19.1. The van der Waals surface area contributed by atoms with E-state index in [0.717, 1.165) is 66.8 Å². The van der Waals surface area contributed by atoms with E-state index in [1.54, 1.807) is 0 Å². The first-order valence-corrected chi connectivity index (χ1v) is 10.2. The van der Waals surface area contributed by atoms with Crippen molar-refractivity contribution in [3.63, 3.8) is 0 Å². The van der Waals surface area contributed by atoms with Crippen molar-refractivity contribution in [2.24, 2.45) is 5.92 Å². The predicted octanol–water partition coefficient (Wildman–Crippen LogP) is 2.80. The molecule has 7 heteroatoms. The number of hydrogen-bond donors (Lipinski definition) is 1. The molecule has 1 fully saturated rings. The van der Waals surface area contributed by atoms with E-state index in [2.05, 4.69) is 26.6 Å². The van der Waals surface area contributed by atoms with Crippen molar-refractivity contribution in [3.8, 4) is 5.75 Å². The molecule has 2 aliphatic rings. The molecule has 2 aliphatic heterocycles. The Morgan fingerprint density at radius 2 is 2.21 bits per heavy atom. The van der Waals surface area contributed by atoms with Crippen LogP contribution in [0.5, 0.6) is 5.75 Å². The lowest BCUT2D eigenvalue weighted by molar-refractivity contribution is 0.0930. The molecule has 3 heterocycles. The van der Waals surface area contributed by atoms with Crippen LogP contribution in [0.4, 0.5) is 0 Å². The second-order valence-corrected chi connectivity index (χ2v) is 7.92. The highest BCUT2D eigenvalue weighted by atomic mass is 16.6. The minimum Gasteiger partial charge on any atom is -0.493 e. The fourth-order valence-corrected chi connectivity index (χ4v) is 4.36. The van der Waals surface area contributed by atoms with Gasteiger partial charge >= 0.3 is 0 Å². The summed E-state index contributed by atoms with van der Waals surface area (Å²) in [7, 11) is 0. The van der Waals surface area contributed by atoms with Crippen LogP contribution in [0, 0.1) is 5.92 Å². The molecule has 5 rings (SSSR count). The van der Waals surface area contributed by atoms with Crippen LogP contribution in [0.1, 0.15) is 34.3 Å². The quantitative estimate of drug-likeness (QED) is 0.719. The van der Waals surface area contributed by atoms with Gasteiger partial charge in [0.1, 0.15) is 16.8 Å². The number of carbonyl (C=O) groups is 1. The van der Waals surface area contributed by atoms with Gasteiger partial charge in [0.25, 0.3) is 5.91 Å². The Morgan fingerprint density at radius 1 is 1.24 bits per heavy atom. The number of ether oxygens (including phenoxy) is 1. The first kappa shape index (κ1) is 18.1. The van der Waals surface area contributed by atoms with Gasteiger partial charge in [-0.2, -0.15) is 0 Å². The largest absolute Gasteiger partial charge is 0.493 e. The lowest BCUT2D eigenvalue weighted by atomic mass is 9.97. The van der Waals surface area contributed by atoms with Gasteiger partial charge < -0.3 is 10.1 Å². The molecular weight excluding hydrogens is 368 g/mol. The van der Waals surface area contributed by atoms with E-state index in [9.17, 15) is 4.79 Å². The van der Waals surface area contributed by atoms with E-state index in [1.165, 1.54) is 0 Å². The monoisotopic (exact) mass is 392 g/mol. The number of fused-ring (bicyclic) bond motifs is 2. The number of rotatable bonds is 5. The molecule has 0 saturated carbocycles. The number of aromatic nitrogens is 2. The molecule has 150 valence electrons. The van der Waals surface area contributed by atoms with Crippen molar-refractivity contribution >= 4 is 16.9 Å². The lowest BCUT2D eigenvalue weighted by Crippen LogP contribution is -2.40. The Hall–Kier alpha value is -2.93. The van der Waals surface area contributed by atoms with E-state index < -0.39 is 0 Å². The maximum atomic E-state index is 12.6. The van der Waals surface area contributed by atoms with E-state index in [0.29, 0.717) is 24.6 Å². The van der Waals surface area contributed by atoms with Crippen LogP contribution in [-0.2, 0) is 13.0 Å². The molecule has 29 heavy (non-hydrogen) atoms. The molecule has 1 aromatic heterocycles. The van der Waals surface area contributed by atoms with Crippen molar-refractivity contribution in [2.45, 2.75) is 25.8 Å². The summed E-state index contributed by atoms with van der Waals surface area (Å²) in [6, 6.07) is 11.7. The summed E-state index contributed by atoms with van der Waals surface area (Å²) in [5, 5.41) is 11.1. The van der Waals surface area contributed by atoms with Gasteiger partial charge in [0.2, 0.25) is 0 Å². The molecule has 0 radical (unpaired) electrons. The number of nitrogens with zero attached hydrogens (tertiary/aromatic N) is 3. The molecular formula is C22H24N4O3. The maximum absolute atomic E-state index is 12.6. The number of piperidine rings is 1. The standard InChI is InChI=1S/C22H24N4O3/c27-22(17-6-7-20-16(11-17)8-10-28-20)23-12-15-3-2-9-26(13-15)14-18-4-1-5-19-21(18)25-29-24-19/h1,4-7,11,15H,2-3,8-10,12-14H2,(H,23,27). The molecule has 1 atom stereocenters. The van der Waals surface area contributed by atoms with Gasteiger partial charge in [0, 0.05) is 31.6 Å². The molecule has 1 amide bonds. The minimum absolute atomic E-state index is 0.00439. The first-order chi connectivity index (χ1) is 14.3. The fraction of sp³-hybridized carbons (Fsp3) is 0.409. The molecule has 0 spiro atoms. The van der Waals surface area contributed by atoms with E-state index in [-0.39, 0.29) is 5.91 Å². The predicted molar refractivity (Wildman–Crippen MR) is 108 cm³/mol. The molecule has 1 unspecified atom stereocenters. The number of carbonyl (C=O) groups excluding carboxylic acids is 1. The SMILES string of the molecule is O=C(NCC1CCCN(Cc2cccc3nonc23)C1)c1ccc2c(c1)CCO2. The van der Waals surface area contributed by atoms with E-state index in [4.69, 9.17) is 9.37 Å². The second kappa shape index (κ2) is 7.83. The molecule has 1 N–H and O–H groups in total. The highest BCUT2D eigenvalue weighted by Gasteiger charge is 2.22. The van der Waals surface area contributed by atoms with Crippen molar-refractivity contribution in [2.75, 3.05) is 26.2 Å². The second-order valence-electron chi connectivity index (χ2n) is 7.92. The summed E-state index contributed by atoms with van der Waals surface area (Å²) in [5.41, 5.74) is 4.60. The van der Waals surface area contributed by atoms with Crippen molar-refractivity contribution in [1.82, 2.24) is 20.5 Å².